The number of hydrogen-bond acceptors (Lipinski definition) is 3. The minimum Gasteiger partial charge on any atom is -0.322 e. The fraction of sp³-hybridized carbons (Fsp3) is 0.316. The summed E-state index contributed by atoms with van der Waals surface area (Å²) in [6.45, 7) is 0. The van der Waals surface area contributed by atoms with Crippen LogP contribution in [0.2, 0.25) is 5.02 Å². The Kier molecular flexibility index (Phi) is 4.50. The van der Waals surface area contributed by atoms with E-state index in [1.54, 1.807) is 0 Å². The topological polar surface area (TPSA) is 75.3 Å². The van der Waals surface area contributed by atoms with Gasteiger partial charge in [-0.15, -0.1) is 0 Å². The lowest BCUT2D eigenvalue weighted by Crippen LogP contribution is -2.26. The van der Waals surface area contributed by atoms with Gasteiger partial charge in [-0.1, -0.05) is 17.7 Å². The molecule has 2 aromatic carbocycles. The molecule has 1 amide bonds. The first-order valence-electron chi connectivity index (χ1n) is 8.67. The minimum atomic E-state index is -3.73. The van der Waals surface area contributed by atoms with Crippen LogP contribution in [0.1, 0.15) is 40.7 Å². The third kappa shape index (κ3) is 3.63. The SMILES string of the molecule is O=C(Nc1ccc2c(c1)CCC2)c1ccc(Cl)c(S(=O)(=O)NC2CC2)c1. The first-order chi connectivity index (χ1) is 12.4. The van der Waals surface area contributed by atoms with Crippen molar-refractivity contribution >= 4 is 33.2 Å². The van der Waals surface area contributed by atoms with E-state index in [1.807, 2.05) is 18.2 Å². The van der Waals surface area contributed by atoms with Gasteiger partial charge in [0.2, 0.25) is 10.0 Å². The van der Waals surface area contributed by atoms with Crippen LogP contribution < -0.4 is 10.0 Å². The third-order valence-electron chi connectivity index (χ3n) is 4.74. The summed E-state index contributed by atoms with van der Waals surface area (Å²) in [5, 5.41) is 2.95. The fourth-order valence-corrected chi connectivity index (χ4v) is 5.02. The van der Waals surface area contributed by atoms with Crippen molar-refractivity contribution in [2.75, 3.05) is 5.32 Å². The van der Waals surface area contributed by atoms with Gasteiger partial charge in [-0.2, -0.15) is 0 Å². The highest BCUT2D eigenvalue weighted by Crippen LogP contribution is 2.28. The third-order valence-corrected chi connectivity index (χ3v) is 6.74. The summed E-state index contributed by atoms with van der Waals surface area (Å²) in [6, 6.07) is 10.2. The molecule has 2 aliphatic carbocycles. The number of amides is 1. The predicted molar refractivity (Wildman–Crippen MR) is 101 cm³/mol. The Balaban J connectivity index is 1.57. The average Bonchev–Trinajstić information content (AvgIpc) is 3.27. The quantitative estimate of drug-likeness (QED) is 0.820. The number of nitrogens with one attached hydrogen (secondary N) is 2. The van der Waals surface area contributed by atoms with Crippen molar-refractivity contribution in [1.29, 1.82) is 0 Å². The van der Waals surface area contributed by atoms with E-state index in [1.165, 1.54) is 29.3 Å². The lowest BCUT2D eigenvalue weighted by molar-refractivity contribution is 0.102. The maximum absolute atomic E-state index is 12.6. The number of sulfonamides is 1. The van der Waals surface area contributed by atoms with Gasteiger partial charge in [0.15, 0.2) is 0 Å². The van der Waals surface area contributed by atoms with Crippen molar-refractivity contribution in [2.45, 2.75) is 43.0 Å². The minimum absolute atomic E-state index is 0.0278. The van der Waals surface area contributed by atoms with Crippen molar-refractivity contribution in [3.63, 3.8) is 0 Å². The second-order valence-electron chi connectivity index (χ2n) is 6.83. The molecule has 0 radical (unpaired) electrons. The van der Waals surface area contributed by atoms with Crippen molar-refractivity contribution in [3.05, 3.63) is 58.1 Å². The number of halogens is 1. The van der Waals surface area contributed by atoms with Crippen LogP contribution in [0, 0.1) is 0 Å². The molecule has 0 aromatic heterocycles. The van der Waals surface area contributed by atoms with Crippen LogP contribution in [0.4, 0.5) is 5.69 Å². The zero-order valence-electron chi connectivity index (χ0n) is 14.1. The molecule has 1 fully saturated rings. The maximum atomic E-state index is 12.6. The van der Waals surface area contributed by atoms with Gasteiger partial charge in [-0.3, -0.25) is 4.79 Å². The van der Waals surface area contributed by atoms with Crippen LogP contribution in [-0.2, 0) is 22.9 Å². The van der Waals surface area contributed by atoms with E-state index in [0.29, 0.717) is 5.69 Å². The molecule has 2 aromatic rings. The number of carbonyl (C=O) groups is 1. The van der Waals surface area contributed by atoms with Crippen LogP contribution in [0.25, 0.3) is 0 Å². The molecule has 0 spiro atoms. The van der Waals surface area contributed by atoms with Crippen molar-refractivity contribution < 1.29 is 13.2 Å². The van der Waals surface area contributed by atoms with E-state index in [9.17, 15) is 13.2 Å². The van der Waals surface area contributed by atoms with E-state index >= 15 is 0 Å². The van der Waals surface area contributed by atoms with Gasteiger partial charge in [-0.05, 0) is 73.6 Å². The number of fused-ring (bicyclic) bond motifs is 1. The number of anilines is 1. The summed E-state index contributed by atoms with van der Waals surface area (Å²) in [4.78, 5) is 12.5. The molecule has 0 saturated heterocycles. The van der Waals surface area contributed by atoms with E-state index in [-0.39, 0.29) is 27.4 Å². The lowest BCUT2D eigenvalue weighted by atomic mass is 10.1. The van der Waals surface area contributed by atoms with Crippen molar-refractivity contribution in [2.24, 2.45) is 0 Å². The van der Waals surface area contributed by atoms with Crippen LogP contribution in [0.5, 0.6) is 0 Å². The number of rotatable bonds is 5. The van der Waals surface area contributed by atoms with Crippen LogP contribution in [0.15, 0.2) is 41.3 Å². The zero-order chi connectivity index (χ0) is 18.3. The van der Waals surface area contributed by atoms with Gasteiger partial charge in [-0.25, -0.2) is 13.1 Å². The van der Waals surface area contributed by atoms with Gasteiger partial charge in [0.25, 0.3) is 5.91 Å². The Bertz CT molecular complexity index is 984. The Morgan fingerprint density at radius 3 is 2.58 bits per heavy atom. The van der Waals surface area contributed by atoms with Crippen LogP contribution in [-0.4, -0.2) is 20.4 Å². The molecule has 0 heterocycles. The van der Waals surface area contributed by atoms with Crippen LogP contribution in [0.3, 0.4) is 0 Å². The molecule has 0 bridgehead atoms. The summed E-state index contributed by atoms with van der Waals surface area (Å²) in [5.41, 5.74) is 3.56. The molecule has 1 saturated carbocycles. The first kappa shape index (κ1) is 17.5. The fourth-order valence-electron chi connectivity index (χ4n) is 3.19. The summed E-state index contributed by atoms with van der Waals surface area (Å²) in [5.74, 6) is -0.359. The van der Waals surface area contributed by atoms with Gasteiger partial charge in [0.1, 0.15) is 4.90 Å². The highest BCUT2D eigenvalue weighted by Gasteiger charge is 2.29. The largest absolute Gasteiger partial charge is 0.322 e. The molecular weight excluding hydrogens is 372 g/mol. The molecule has 0 atom stereocenters. The highest BCUT2D eigenvalue weighted by molar-refractivity contribution is 7.89. The Labute approximate surface area is 157 Å². The second-order valence-corrected chi connectivity index (χ2v) is 8.92. The van der Waals surface area contributed by atoms with E-state index in [2.05, 4.69) is 10.0 Å². The molecule has 2 aliphatic rings. The van der Waals surface area contributed by atoms with Gasteiger partial charge in [0, 0.05) is 17.3 Å². The van der Waals surface area contributed by atoms with Crippen molar-refractivity contribution in [3.8, 4) is 0 Å². The van der Waals surface area contributed by atoms with E-state index < -0.39 is 10.0 Å². The monoisotopic (exact) mass is 390 g/mol. The zero-order valence-corrected chi connectivity index (χ0v) is 15.7. The number of carbonyl (C=O) groups excluding carboxylic acids is 1. The highest BCUT2D eigenvalue weighted by atomic mass is 35.5. The number of benzene rings is 2. The first-order valence-corrected chi connectivity index (χ1v) is 10.5. The smallest absolute Gasteiger partial charge is 0.255 e. The van der Waals surface area contributed by atoms with E-state index in [0.717, 1.165) is 32.1 Å². The molecule has 7 heteroatoms. The van der Waals surface area contributed by atoms with Crippen molar-refractivity contribution in [1.82, 2.24) is 4.72 Å². The predicted octanol–water partition coefficient (Wildman–Crippen LogP) is 3.52. The molecule has 4 rings (SSSR count). The number of hydrogen-bond donors (Lipinski definition) is 2. The molecular formula is C19H19ClN2O3S. The standard InChI is InChI=1S/C19H19ClN2O3S/c20-17-9-5-14(11-18(17)26(24,25)22-15-7-8-15)19(23)21-16-6-4-12-2-1-3-13(12)10-16/h4-6,9-11,15,22H,1-3,7-8H2,(H,21,23). The van der Waals surface area contributed by atoms with E-state index in [4.69, 9.17) is 11.6 Å². The summed E-state index contributed by atoms with van der Waals surface area (Å²) in [6.07, 6.45) is 4.90. The molecule has 0 aliphatic heterocycles. The summed E-state index contributed by atoms with van der Waals surface area (Å²) in [7, 11) is -3.73. The lowest BCUT2D eigenvalue weighted by Gasteiger charge is -2.11. The molecule has 2 N–H and O–H groups in total. The van der Waals surface area contributed by atoms with Gasteiger partial charge >= 0.3 is 0 Å². The second kappa shape index (κ2) is 6.68. The maximum Gasteiger partial charge on any atom is 0.255 e. The molecule has 136 valence electrons. The Morgan fingerprint density at radius 1 is 1.04 bits per heavy atom. The normalized spacial score (nSPS) is 16.3. The van der Waals surface area contributed by atoms with Crippen LogP contribution >= 0.6 is 11.6 Å². The molecule has 26 heavy (non-hydrogen) atoms. The van der Waals surface area contributed by atoms with Gasteiger partial charge < -0.3 is 5.32 Å². The summed E-state index contributed by atoms with van der Waals surface area (Å²) >= 11 is 6.06. The summed E-state index contributed by atoms with van der Waals surface area (Å²) < 4.78 is 27.5. The Hall–Kier alpha value is -1.89. The molecule has 0 unspecified atom stereocenters. The number of aryl methyl sites for hydroxylation is 2. The molecule has 5 nitrogen and oxygen atoms in total. The average molecular weight is 391 g/mol. The Morgan fingerprint density at radius 2 is 1.81 bits per heavy atom. The van der Waals surface area contributed by atoms with Gasteiger partial charge in [0.05, 0.1) is 5.02 Å².